The molecule has 41 heavy (non-hydrogen) atoms. The molecule has 2 aromatic rings. The van der Waals surface area contributed by atoms with E-state index in [0.717, 1.165) is 24.3 Å². The highest BCUT2D eigenvalue weighted by molar-refractivity contribution is 6.30. The SMILES string of the molecule is CC(O)(c1cc(Cl)cc([C@H](CC(=O)O)NC(=O)CNC(=O)c2cc(O)cc(NC3=NCC(F)CN3)c2)c1)C(F)(F)F. The van der Waals surface area contributed by atoms with Crippen molar-refractivity contribution in [3.05, 3.63) is 58.1 Å². The van der Waals surface area contributed by atoms with Crippen molar-refractivity contribution in [2.24, 2.45) is 4.99 Å². The maximum atomic E-state index is 13.4. The molecule has 0 bridgehead atoms. The largest absolute Gasteiger partial charge is 0.508 e. The summed E-state index contributed by atoms with van der Waals surface area (Å²) in [5.74, 6) is -3.18. The number of phenols is 1. The Morgan fingerprint density at radius 2 is 1.88 bits per heavy atom. The second-order valence-electron chi connectivity index (χ2n) is 9.30. The minimum atomic E-state index is -5.08. The number of nitrogens with one attached hydrogen (secondary N) is 4. The van der Waals surface area contributed by atoms with Crippen molar-refractivity contribution in [2.45, 2.75) is 37.3 Å². The number of carbonyl (C=O) groups excluding carboxylic acids is 2. The van der Waals surface area contributed by atoms with Gasteiger partial charge in [0.15, 0.2) is 11.6 Å². The van der Waals surface area contributed by atoms with Crippen molar-refractivity contribution < 1.29 is 47.3 Å². The summed E-state index contributed by atoms with van der Waals surface area (Å²) in [6.45, 7) is -0.220. The fraction of sp³-hybridized carbons (Fsp3) is 0.360. The monoisotopic (exact) mass is 603 g/mol. The number of aromatic hydroxyl groups is 1. The number of guanidine groups is 1. The summed E-state index contributed by atoms with van der Waals surface area (Å²) in [7, 11) is 0. The lowest BCUT2D eigenvalue weighted by atomic mass is 9.91. The van der Waals surface area contributed by atoms with Gasteiger partial charge in [0.25, 0.3) is 5.91 Å². The first-order valence-electron chi connectivity index (χ1n) is 12.0. The maximum absolute atomic E-state index is 13.4. The number of amides is 2. The average molecular weight is 604 g/mol. The molecule has 0 spiro atoms. The van der Waals surface area contributed by atoms with Gasteiger partial charge in [-0.1, -0.05) is 17.7 Å². The number of hydrogen-bond acceptors (Lipinski definition) is 8. The number of aliphatic carboxylic acids is 1. The van der Waals surface area contributed by atoms with E-state index < -0.39 is 60.3 Å². The van der Waals surface area contributed by atoms with E-state index in [1.807, 2.05) is 0 Å². The summed E-state index contributed by atoms with van der Waals surface area (Å²) in [6, 6.07) is 5.23. The lowest BCUT2D eigenvalue weighted by Crippen LogP contribution is -2.41. The van der Waals surface area contributed by atoms with Crippen LogP contribution < -0.4 is 21.3 Å². The van der Waals surface area contributed by atoms with Crippen LogP contribution in [-0.4, -0.2) is 71.0 Å². The van der Waals surface area contributed by atoms with Crippen molar-refractivity contribution >= 4 is 41.0 Å². The predicted molar refractivity (Wildman–Crippen MR) is 139 cm³/mol. The van der Waals surface area contributed by atoms with E-state index >= 15 is 0 Å². The molecule has 0 saturated heterocycles. The van der Waals surface area contributed by atoms with E-state index in [0.29, 0.717) is 6.92 Å². The van der Waals surface area contributed by atoms with Crippen LogP contribution in [-0.2, 0) is 15.2 Å². The number of alkyl halides is 4. The first kappa shape index (κ1) is 31.4. The molecule has 1 aliphatic rings. The van der Waals surface area contributed by atoms with Gasteiger partial charge in [0, 0.05) is 22.3 Å². The second kappa shape index (κ2) is 12.6. The minimum absolute atomic E-state index is 0.0219. The Hall–Kier alpha value is -4.11. The highest BCUT2D eigenvalue weighted by Crippen LogP contribution is 2.40. The van der Waals surface area contributed by atoms with Crippen LogP contribution >= 0.6 is 11.6 Å². The summed E-state index contributed by atoms with van der Waals surface area (Å²) in [5, 5.41) is 39.2. The first-order chi connectivity index (χ1) is 19.0. The van der Waals surface area contributed by atoms with Crippen LogP contribution in [0.3, 0.4) is 0 Å². The normalized spacial score (nSPS) is 17.3. The fourth-order valence-corrected chi connectivity index (χ4v) is 3.99. The van der Waals surface area contributed by atoms with Gasteiger partial charge in [-0.2, -0.15) is 13.2 Å². The van der Waals surface area contributed by atoms with E-state index in [4.69, 9.17) is 11.6 Å². The third kappa shape index (κ3) is 8.44. The van der Waals surface area contributed by atoms with E-state index in [1.54, 1.807) is 0 Å². The van der Waals surface area contributed by atoms with Crippen molar-refractivity contribution in [1.29, 1.82) is 0 Å². The Kier molecular flexibility index (Phi) is 9.65. The third-order valence-electron chi connectivity index (χ3n) is 5.94. The number of carboxylic acids is 1. The number of hydrogen-bond donors (Lipinski definition) is 7. The van der Waals surface area contributed by atoms with Gasteiger partial charge in [-0.3, -0.25) is 14.4 Å². The van der Waals surface area contributed by atoms with Crippen molar-refractivity contribution in [3.63, 3.8) is 0 Å². The van der Waals surface area contributed by atoms with Gasteiger partial charge in [0.1, 0.15) is 11.9 Å². The number of aliphatic imine (C=N–C) groups is 1. The van der Waals surface area contributed by atoms with Crippen LogP contribution in [0.15, 0.2) is 41.4 Å². The molecule has 0 radical (unpaired) electrons. The number of rotatable bonds is 9. The third-order valence-corrected chi connectivity index (χ3v) is 6.16. The summed E-state index contributed by atoms with van der Waals surface area (Å²) >= 11 is 5.94. The molecule has 0 aliphatic carbocycles. The quantitative estimate of drug-likeness (QED) is 0.214. The number of aliphatic hydroxyl groups is 1. The van der Waals surface area contributed by atoms with Crippen molar-refractivity contribution in [1.82, 2.24) is 16.0 Å². The lowest BCUT2D eigenvalue weighted by molar-refractivity contribution is -0.258. The van der Waals surface area contributed by atoms with Gasteiger partial charge in [0.05, 0.1) is 32.1 Å². The Bertz CT molecular complexity index is 1350. The van der Waals surface area contributed by atoms with Crippen LogP contribution in [0.4, 0.5) is 23.2 Å². The van der Waals surface area contributed by atoms with E-state index in [2.05, 4.69) is 26.3 Å². The standard InChI is InChI=1S/C25H26ClF4N5O6/c1-24(41,25(28,29)30)14-2-12(3-15(26)6-14)19(8-21(38)39)35-20(37)11-31-22(40)13-4-17(7-18(36)5-13)34-23-32-9-16(27)10-33-23/h2-7,16,19,36,41H,8-11H2,1H3,(H,31,40)(H,35,37)(H,38,39)(H2,32,33,34)/t19-,24?/m0/s1. The molecule has 2 amide bonds. The molecule has 0 aromatic heterocycles. The number of nitrogens with zero attached hydrogens (tertiary/aromatic N) is 1. The zero-order chi connectivity index (χ0) is 30.5. The Balaban J connectivity index is 1.71. The van der Waals surface area contributed by atoms with Gasteiger partial charge in [-0.15, -0.1) is 0 Å². The zero-order valence-corrected chi connectivity index (χ0v) is 22.1. The van der Waals surface area contributed by atoms with Gasteiger partial charge >= 0.3 is 12.1 Å². The van der Waals surface area contributed by atoms with Gasteiger partial charge in [-0.05, 0) is 42.3 Å². The molecule has 1 aliphatic heterocycles. The summed E-state index contributed by atoms with van der Waals surface area (Å²) in [4.78, 5) is 40.6. The van der Waals surface area contributed by atoms with Crippen molar-refractivity contribution in [2.75, 3.05) is 25.0 Å². The molecule has 16 heteroatoms. The first-order valence-corrected chi connectivity index (χ1v) is 12.4. The number of anilines is 1. The Labute approximate surface area is 235 Å². The average Bonchev–Trinajstić information content (AvgIpc) is 2.86. The molecule has 222 valence electrons. The van der Waals surface area contributed by atoms with Gasteiger partial charge < -0.3 is 36.6 Å². The Morgan fingerprint density at radius 3 is 2.49 bits per heavy atom. The molecule has 7 N–H and O–H groups in total. The molecule has 2 unspecified atom stereocenters. The number of halogens is 5. The highest BCUT2D eigenvalue weighted by Gasteiger charge is 2.51. The smallest absolute Gasteiger partial charge is 0.421 e. The molecular weight excluding hydrogens is 578 g/mol. The van der Waals surface area contributed by atoms with Crippen molar-refractivity contribution in [3.8, 4) is 5.75 Å². The van der Waals surface area contributed by atoms with E-state index in [-0.39, 0.29) is 46.6 Å². The summed E-state index contributed by atoms with van der Waals surface area (Å²) in [5.41, 5.74) is -3.95. The van der Waals surface area contributed by atoms with Gasteiger partial charge in [-0.25, -0.2) is 9.38 Å². The molecule has 1 heterocycles. The topological polar surface area (TPSA) is 172 Å². The number of carbonyl (C=O) groups is 3. The molecule has 3 rings (SSSR count). The zero-order valence-electron chi connectivity index (χ0n) is 21.4. The molecule has 3 atom stereocenters. The van der Waals surface area contributed by atoms with Crippen LogP contribution in [0.2, 0.25) is 5.02 Å². The van der Waals surface area contributed by atoms with E-state index in [9.17, 15) is 47.3 Å². The second-order valence-corrected chi connectivity index (χ2v) is 9.74. The molecule has 2 aromatic carbocycles. The Morgan fingerprint density at radius 1 is 1.17 bits per heavy atom. The minimum Gasteiger partial charge on any atom is -0.508 e. The maximum Gasteiger partial charge on any atom is 0.421 e. The summed E-state index contributed by atoms with van der Waals surface area (Å²) in [6.07, 6.45) is -6.98. The van der Waals surface area contributed by atoms with Crippen LogP contribution in [0.1, 0.15) is 40.9 Å². The highest BCUT2D eigenvalue weighted by atomic mass is 35.5. The van der Waals surface area contributed by atoms with E-state index in [1.165, 1.54) is 12.1 Å². The lowest BCUT2D eigenvalue weighted by Gasteiger charge is -2.28. The predicted octanol–water partition coefficient (Wildman–Crippen LogP) is 2.59. The number of benzene rings is 2. The van der Waals surface area contributed by atoms with Gasteiger partial charge in [0.2, 0.25) is 5.91 Å². The summed E-state index contributed by atoms with van der Waals surface area (Å²) < 4.78 is 53.3. The fourth-order valence-electron chi connectivity index (χ4n) is 3.75. The number of phenolic OH excluding ortho intramolecular Hbond substituents is 1. The molecular formula is C25H26ClF4N5O6. The van der Waals surface area contributed by atoms with Crippen LogP contribution in [0.25, 0.3) is 0 Å². The number of carboxylic acid groups (broad SMARTS) is 1. The molecule has 11 nitrogen and oxygen atoms in total. The molecule has 0 fully saturated rings. The van der Waals surface area contributed by atoms with Crippen LogP contribution in [0, 0.1) is 0 Å². The van der Waals surface area contributed by atoms with Crippen LogP contribution in [0.5, 0.6) is 5.75 Å². The molecule has 0 saturated carbocycles.